The number of piperazine rings is 1. The van der Waals surface area contributed by atoms with Crippen LogP contribution in [0.5, 0.6) is 0 Å². The van der Waals surface area contributed by atoms with Crippen LogP contribution < -0.4 is 5.32 Å². The van der Waals surface area contributed by atoms with Crippen molar-refractivity contribution in [2.24, 2.45) is 5.92 Å². The van der Waals surface area contributed by atoms with E-state index in [9.17, 15) is 19.5 Å². The van der Waals surface area contributed by atoms with Crippen LogP contribution in [0.4, 0.5) is 4.79 Å². The van der Waals surface area contributed by atoms with Gasteiger partial charge in [-0.05, 0) is 24.8 Å². The predicted octanol–water partition coefficient (Wildman–Crippen LogP) is 2.18. The number of nitrogens with zero attached hydrogens (tertiary/aromatic N) is 3. The first-order chi connectivity index (χ1) is 15.3. The SMILES string of the molecule is Cc1[nH]cnc1CN1CCN(C(=O)NC(CC(C)C)C(=O)O)C(Cc2ccccc2)C1=O. The molecule has 9 heteroatoms. The summed E-state index contributed by atoms with van der Waals surface area (Å²) < 4.78 is 0. The maximum Gasteiger partial charge on any atom is 0.326 e. The molecule has 3 rings (SSSR count). The van der Waals surface area contributed by atoms with Gasteiger partial charge in [-0.3, -0.25) is 4.79 Å². The quantitative estimate of drug-likeness (QED) is 0.580. The highest BCUT2D eigenvalue weighted by Crippen LogP contribution is 2.20. The van der Waals surface area contributed by atoms with Crippen molar-refractivity contribution in [1.29, 1.82) is 0 Å². The van der Waals surface area contributed by atoms with Crippen molar-refractivity contribution in [2.75, 3.05) is 13.1 Å². The molecule has 0 saturated carbocycles. The summed E-state index contributed by atoms with van der Waals surface area (Å²) in [5, 5.41) is 12.1. The number of rotatable bonds is 8. The van der Waals surface area contributed by atoms with E-state index in [4.69, 9.17) is 0 Å². The van der Waals surface area contributed by atoms with E-state index < -0.39 is 24.1 Å². The van der Waals surface area contributed by atoms with E-state index in [2.05, 4.69) is 15.3 Å². The van der Waals surface area contributed by atoms with Crippen molar-refractivity contribution < 1.29 is 19.5 Å². The van der Waals surface area contributed by atoms with Gasteiger partial charge in [0.15, 0.2) is 0 Å². The first-order valence-corrected chi connectivity index (χ1v) is 10.9. The average Bonchev–Trinajstić information content (AvgIpc) is 3.15. The molecule has 9 nitrogen and oxygen atoms in total. The van der Waals surface area contributed by atoms with Crippen LogP contribution in [0, 0.1) is 12.8 Å². The fraction of sp³-hybridized carbons (Fsp3) is 0.478. The monoisotopic (exact) mass is 441 g/mol. The van der Waals surface area contributed by atoms with Crippen molar-refractivity contribution in [1.82, 2.24) is 25.1 Å². The van der Waals surface area contributed by atoms with Gasteiger partial charge in [-0.2, -0.15) is 0 Å². The molecule has 1 aliphatic heterocycles. The van der Waals surface area contributed by atoms with Crippen molar-refractivity contribution >= 4 is 17.9 Å². The number of amides is 3. The molecule has 2 aromatic rings. The lowest BCUT2D eigenvalue weighted by molar-refractivity contribution is -0.140. The highest BCUT2D eigenvalue weighted by atomic mass is 16.4. The van der Waals surface area contributed by atoms with Crippen LogP contribution in [-0.4, -0.2) is 68.0 Å². The van der Waals surface area contributed by atoms with Crippen molar-refractivity contribution in [3.8, 4) is 0 Å². The molecule has 1 aliphatic rings. The molecule has 2 unspecified atom stereocenters. The van der Waals surface area contributed by atoms with Gasteiger partial charge in [0.1, 0.15) is 12.1 Å². The molecule has 2 atom stereocenters. The second-order valence-corrected chi connectivity index (χ2v) is 8.60. The molecule has 0 radical (unpaired) electrons. The van der Waals surface area contributed by atoms with E-state index in [0.717, 1.165) is 17.0 Å². The molecule has 1 aromatic heterocycles. The normalized spacial score (nSPS) is 17.5. The summed E-state index contributed by atoms with van der Waals surface area (Å²) in [5.41, 5.74) is 2.62. The first kappa shape index (κ1) is 23.3. The number of nitrogens with one attached hydrogen (secondary N) is 2. The lowest BCUT2D eigenvalue weighted by Gasteiger charge is -2.41. The number of carboxylic acid groups (broad SMARTS) is 1. The topological polar surface area (TPSA) is 119 Å². The lowest BCUT2D eigenvalue weighted by atomic mass is 10.0. The first-order valence-electron chi connectivity index (χ1n) is 10.9. The van der Waals surface area contributed by atoms with Crippen molar-refractivity contribution in [3.63, 3.8) is 0 Å². The Morgan fingerprint density at radius 1 is 1.25 bits per heavy atom. The van der Waals surface area contributed by atoms with E-state index in [1.165, 1.54) is 4.90 Å². The lowest BCUT2D eigenvalue weighted by Crippen LogP contribution is -2.62. The molecule has 0 aliphatic carbocycles. The van der Waals surface area contributed by atoms with Gasteiger partial charge in [-0.1, -0.05) is 44.2 Å². The largest absolute Gasteiger partial charge is 0.480 e. The zero-order chi connectivity index (χ0) is 23.3. The number of urea groups is 1. The Kier molecular flexibility index (Phi) is 7.50. The summed E-state index contributed by atoms with van der Waals surface area (Å²) in [4.78, 5) is 48.6. The number of aromatic amines is 1. The van der Waals surface area contributed by atoms with Gasteiger partial charge in [0.05, 0.1) is 18.6 Å². The summed E-state index contributed by atoms with van der Waals surface area (Å²) in [6.07, 6.45) is 2.27. The Morgan fingerprint density at radius 3 is 2.56 bits per heavy atom. The van der Waals surface area contributed by atoms with Crippen LogP contribution in [0.3, 0.4) is 0 Å². The van der Waals surface area contributed by atoms with Gasteiger partial charge < -0.3 is 25.2 Å². The number of hydrogen-bond donors (Lipinski definition) is 3. The molecule has 3 amide bonds. The molecule has 1 aromatic carbocycles. The number of aryl methyl sites for hydroxylation is 1. The van der Waals surface area contributed by atoms with Crippen LogP contribution >= 0.6 is 0 Å². The molecular weight excluding hydrogens is 410 g/mol. The van der Waals surface area contributed by atoms with E-state index >= 15 is 0 Å². The third kappa shape index (κ3) is 5.66. The highest BCUT2D eigenvalue weighted by Gasteiger charge is 2.39. The van der Waals surface area contributed by atoms with E-state index in [0.29, 0.717) is 32.5 Å². The number of aromatic nitrogens is 2. The number of benzene rings is 1. The number of aliphatic carboxylic acids is 1. The smallest absolute Gasteiger partial charge is 0.326 e. The molecule has 32 heavy (non-hydrogen) atoms. The summed E-state index contributed by atoms with van der Waals surface area (Å²) in [6.45, 7) is 6.73. The molecule has 1 saturated heterocycles. The number of H-pyrrole nitrogens is 1. The molecule has 0 spiro atoms. The van der Waals surface area contributed by atoms with Gasteiger partial charge in [0, 0.05) is 25.2 Å². The fourth-order valence-corrected chi connectivity index (χ4v) is 3.93. The minimum Gasteiger partial charge on any atom is -0.480 e. The Morgan fingerprint density at radius 2 is 1.97 bits per heavy atom. The minimum absolute atomic E-state index is 0.104. The third-order valence-corrected chi connectivity index (χ3v) is 5.69. The molecule has 172 valence electrons. The molecule has 0 bridgehead atoms. The highest BCUT2D eigenvalue weighted by molar-refractivity contribution is 5.90. The summed E-state index contributed by atoms with van der Waals surface area (Å²) in [7, 11) is 0. The predicted molar refractivity (Wildman–Crippen MR) is 119 cm³/mol. The number of carboxylic acids is 1. The van der Waals surface area contributed by atoms with Crippen molar-refractivity contribution in [2.45, 2.75) is 52.2 Å². The Balaban J connectivity index is 1.80. The summed E-state index contributed by atoms with van der Waals surface area (Å²) in [5.74, 6) is -1.15. The second kappa shape index (κ2) is 10.3. The average molecular weight is 442 g/mol. The van der Waals surface area contributed by atoms with E-state index in [-0.39, 0.29) is 11.8 Å². The third-order valence-electron chi connectivity index (χ3n) is 5.69. The number of carbonyl (C=O) groups excluding carboxylic acids is 2. The molecule has 2 heterocycles. The van der Waals surface area contributed by atoms with Crippen LogP contribution in [-0.2, 0) is 22.6 Å². The molecular formula is C23H31N5O4. The van der Waals surface area contributed by atoms with Gasteiger partial charge >= 0.3 is 12.0 Å². The standard InChI is InChI=1S/C23H31N5O4/c1-15(2)11-18(22(30)31)26-23(32)28-10-9-27(13-19-16(3)24-14-25-19)21(29)20(28)12-17-7-5-4-6-8-17/h4-8,14-15,18,20H,9-13H2,1-3H3,(H,24,25)(H,26,32)(H,30,31). The van der Waals surface area contributed by atoms with Gasteiger partial charge in [-0.15, -0.1) is 0 Å². The zero-order valence-corrected chi connectivity index (χ0v) is 18.7. The van der Waals surface area contributed by atoms with Gasteiger partial charge in [0.25, 0.3) is 0 Å². The van der Waals surface area contributed by atoms with Crippen LogP contribution in [0.2, 0.25) is 0 Å². The minimum atomic E-state index is -1.08. The van der Waals surface area contributed by atoms with E-state index in [1.807, 2.05) is 51.1 Å². The summed E-state index contributed by atoms with van der Waals surface area (Å²) in [6, 6.07) is 7.26. The van der Waals surface area contributed by atoms with Crippen LogP contribution in [0.25, 0.3) is 0 Å². The zero-order valence-electron chi connectivity index (χ0n) is 18.7. The Bertz CT molecular complexity index is 943. The Labute approximate surface area is 187 Å². The van der Waals surface area contributed by atoms with Gasteiger partial charge in [-0.25, -0.2) is 14.6 Å². The molecule has 1 fully saturated rings. The van der Waals surface area contributed by atoms with Crippen molar-refractivity contribution in [3.05, 3.63) is 53.6 Å². The Hall–Kier alpha value is -3.36. The fourth-order valence-electron chi connectivity index (χ4n) is 3.93. The number of imidazole rings is 1. The van der Waals surface area contributed by atoms with Crippen LogP contribution in [0.15, 0.2) is 36.7 Å². The maximum absolute atomic E-state index is 13.4. The summed E-state index contributed by atoms with van der Waals surface area (Å²) >= 11 is 0. The second-order valence-electron chi connectivity index (χ2n) is 8.60. The maximum atomic E-state index is 13.4. The van der Waals surface area contributed by atoms with Crippen LogP contribution in [0.1, 0.15) is 37.2 Å². The molecule has 3 N–H and O–H groups in total. The number of carbonyl (C=O) groups is 3. The number of hydrogen-bond acceptors (Lipinski definition) is 4. The van der Waals surface area contributed by atoms with Gasteiger partial charge in [0.2, 0.25) is 5.91 Å². The van der Waals surface area contributed by atoms with E-state index in [1.54, 1.807) is 11.2 Å².